The van der Waals surface area contributed by atoms with E-state index >= 15 is 0 Å². The van der Waals surface area contributed by atoms with Crippen LogP contribution in [0.15, 0.2) is 16.9 Å². The number of hydrogen-bond acceptors (Lipinski definition) is 4. The minimum atomic E-state index is -0.304. The zero-order chi connectivity index (χ0) is 11.7. The monoisotopic (exact) mass is 233 g/mol. The summed E-state index contributed by atoms with van der Waals surface area (Å²) in [4.78, 5) is 11.3. The highest BCUT2D eigenvalue weighted by molar-refractivity contribution is 5.42. The van der Waals surface area contributed by atoms with Crippen molar-refractivity contribution < 1.29 is 0 Å². The maximum atomic E-state index is 11.3. The largest absolute Gasteiger partial charge is 0.369 e. The molecule has 0 aliphatic heterocycles. The molecule has 0 radical (unpaired) electrons. The van der Waals surface area contributed by atoms with Gasteiger partial charge in [0.05, 0.1) is 0 Å². The lowest BCUT2D eigenvalue weighted by Gasteiger charge is -2.04. The number of nitrogens with one attached hydrogen (secondary N) is 2. The van der Waals surface area contributed by atoms with Crippen LogP contribution in [-0.2, 0) is 0 Å². The van der Waals surface area contributed by atoms with Crippen molar-refractivity contribution in [3.8, 4) is 0 Å². The summed E-state index contributed by atoms with van der Waals surface area (Å²) in [7, 11) is 0. The average Bonchev–Trinajstić information content (AvgIpc) is 3.10. The second-order valence-corrected chi connectivity index (χ2v) is 4.53. The molecule has 0 unspecified atom stereocenters. The van der Waals surface area contributed by atoms with Crippen LogP contribution in [0, 0.1) is 5.92 Å². The molecule has 2 aromatic rings. The van der Waals surface area contributed by atoms with Gasteiger partial charge in [-0.2, -0.15) is 9.61 Å². The molecule has 6 heteroatoms. The molecule has 0 aromatic carbocycles. The van der Waals surface area contributed by atoms with Gasteiger partial charge in [0.15, 0.2) is 5.65 Å². The lowest BCUT2D eigenvalue weighted by atomic mass is 10.2. The maximum Gasteiger partial charge on any atom is 0.364 e. The SMILES string of the molecule is O=c1[nH]nc2ccc(NCCCC3CC3)nn12. The van der Waals surface area contributed by atoms with Gasteiger partial charge in [0.25, 0.3) is 0 Å². The van der Waals surface area contributed by atoms with E-state index in [1.165, 1.54) is 23.8 Å². The first-order chi connectivity index (χ1) is 8.33. The molecule has 0 spiro atoms. The molecule has 3 rings (SSSR count). The second-order valence-electron chi connectivity index (χ2n) is 4.53. The summed E-state index contributed by atoms with van der Waals surface area (Å²) >= 11 is 0. The van der Waals surface area contributed by atoms with Crippen molar-refractivity contribution >= 4 is 11.5 Å². The molecule has 0 atom stereocenters. The smallest absolute Gasteiger partial charge is 0.364 e. The molecule has 0 amide bonds. The summed E-state index contributed by atoms with van der Waals surface area (Å²) in [5.41, 5.74) is 0.236. The van der Waals surface area contributed by atoms with Crippen LogP contribution in [0.2, 0.25) is 0 Å². The molecule has 2 aromatic heterocycles. The normalized spacial score (nSPS) is 15.3. The maximum absolute atomic E-state index is 11.3. The Labute approximate surface area is 98.0 Å². The number of aromatic amines is 1. The molecule has 17 heavy (non-hydrogen) atoms. The summed E-state index contributed by atoms with van der Waals surface area (Å²) in [5.74, 6) is 1.68. The van der Waals surface area contributed by atoms with Crippen molar-refractivity contribution in [3.05, 3.63) is 22.6 Å². The zero-order valence-electron chi connectivity index (χ0n) is 9.52. The first-order valence-electron chi connectivity index (χ1n) is 6.01. The Morgan fingerprint density at radius 2 is 2.35 bits per heavy atom. The summed E-state index contributed by atoms with van der Waals surface area (Å²) in [6, 6.07) is 3.61. The van der Waals surface area contributed by atoms with Gasteiger partial charge in [-0.3, -0.25) is 0 Å². The van der Waals surface area contributed by atoms with Crippen LogP contribution < -0.4 is 11.0 Å². The van der Waals surface area contributed by atoms with E-state index in [1.807, 2.05) is 6.07 Å². The van der Waals surface area contributed by atoms with Crippen LogP contribution >= 0.6 is 0 Å². The van der Waals surface area contributed by atoms with Crippen molar-refractivity contribution in [2.24, 2.45) is 5.92 Å². The highest BCUT2D eigenvalue weighted by atomic mass is 16.2. The van der Waals surface area contributed by atoms with Crippen molar-refractivity contribution in [2.75, 3.05) is 11.9 Å². The predicted molar refractivity (Wildman–Crippen MR) is 64.1 cm³/mol. The van der Waals surface area contributed by atoms with Crippen LogP contribution in [-0.4, -0.2) is 26.4 Å². The molecule has 2 N–H and O–H groups in total. The molecule has 1 fully saturated rings. The van der Waals surface area contributed by atoms with Crippen LogP contribution in [0.3, 0.4) is 0 Å². The number of nitrogens with zero attached hydrogens (tertiary/aromatic N) is 3. The van der Waals surface area contributed by atoms with E-state index in [4.69, 9.17) is 0 Å². The summed E-state index contributed by atoms with van der Waals surface area (Å²) in [6.45, 7) is 0.904. The molecule has 1 saturated carbocycles. The quantitative estimate of drug-likeness (QED) is 0.756. The van der Waals surface area contributed by atoms with Gasteiger partial charge >= 0.3 is 5.69 Å². The minimum Gasteiger partial charge on any atom is -0.369 e. The van der Waals surface area contributed by atoms with Gasteiger partial charge in [-0.15, -0.1) is 5.10 Å². The van der Waals surface area contributed by atoms with Crippen molar-refractivity contribution in [3.63, 3.8) is 0 Å². The molecule has 1 aliphatic carbocycles. The second kappa shape index (κ2) is 4.20. The Morgan fingerprint density at radius 1 is 1.47 bits per heavy atom. The van der Waals surface area contributed by atoms with Crippen LogP contribution in [0.5, 0.6) is 0 Å². The highest BCUT2D eigenvalue weighted by Gasteiger charge is 2.19. The van der Waals surface area contributed by atoms with Crippen molar-refractivity contribution in [2.45, 2.75) is 25.7 Å². The molecule has 6 nitrogen and oxygen atoms in total. The van der Waals surface area contributed by atoms with Gasteiger partial charge in [-0.1, -0.05) is 12.8 Å². The number of anilines is 1. The summed E-state index contributed by atoms with van der Waals surface area (Å²) < 4.78 is 1.27. The first-order valence-corrected chi connectivity index (χ1v) is 6.01. The van der Waals surface area contributed by atoms with Crippen molar-refractivity contribution in [1.82, 2.24) is 19.8 Å². The molecule has 90 valence electrons. The van der Waals surface area contributed by atoms with Gasteiger partial charge in [-0.05, 0) is 30.9 Å². The Morgan fingerprint density at radius 3 is 3.18 bits per heavy atom. The van der Waals surface area contributed by atoms with E-state index < -0.39 is 0 Å². The van der Waals surface area contributed by atoms with Crippen LogP contribution in [0.4, 0.5) is 5.82 Å². The highest BCUT2D eigenvalue weighted by Crippen LogP contribution is 2.33. The summed E-state index contributed by atoms with van der Waals surface area (Å²) in [5, 5.41) is 13.6. The topological polar surface area (TPSA) is 75.1 Å². The van der Waals surface area contributed by atoms with Gasteiger partial charge < -0.3 is 5.32 Å². The third-order valence-corrected chi connectivity index (χ3v) is 3.07. The van der Waals surface area contributed by atoms with E-state index in [1.54, 1.807) is 6.07 Å². The van der Waals surface area contributed by atoms with E-state index in [2.05, 4.69) is 20.6 Å². The van der Waals surface area contributed by atoms with Gasteiger partial charge in [0.2, 0.25) is 0 Å². The molecule has 0 saturated heterocycles. The van der Waals surface area contributed by atoms with E-state index in [0.29, 0.717) is 5.65 Å². The fraction of sp³-hybridized carbons (Fsp3) is 0.545. The third kappa shape index (κ3) is 2.30. The number of hydrogen-bond donors (Lipinski definition) is 2. The molecule has 0 bridgehead atoms. The Bertz CT molecular complexity index is 568. The minimum absolute atomic E-state index is 0.304. The third-order valence-electron chi connectivity index (χ3n) is 3.07. The fourth-order valence-corrected chi connectivity index (χ4v) is 1.91. The fourth-order valence-electron chi connectivity index (χ4n) is 1.91. The van der Waals surface area contributed by atoms with Crippen LogP contribution in [0.1, 0.15) is 25.7 Å². The van der Waals surface area contributed by atoms with Crippen molar-refractivity contribution in [1.29, 1.82) is 0 Å². The Hall–Kier alpha value is -1.85. The average molecular weight is 233 g/mol. The number of fused-ring (bicyclic) bond motifs is 1. The zero-order valence-corrected chi connectivity index (χ0v) is 9.52. The Balaban J connectivity index is 1.63. The number of rotatable bonds is 5. The molecule has 2 heterocycles. The molecular formula is C11H15N5O. The van der Waals surface area contributed by atoms with Gasteiger partial charge in [-0.25, -0.2) is 9.89 Å². The van der Waals surface area contributed by atoms with E-state index in [-0.39, 0.29) is 5.69 Å². The predicted octanol–water partition coefficient (Wildman–Crippen LogP) is 1.02. The van der Waals surface area contributed by atoms with Gasteiger partial charge in [0.1, 0.15) is 5.82 Å². The van der Waals surface area contributed by atoms with E-state index in [0.717, 1.165) is 24.7 Å². The lowest BCUT2D eigenvalue weighted by Crippen LogP contribution is -2.14. The standard InChI is InChI=1S/C11H15N5O/c17-11-14-13-10-6-5-9(15-16(10)11)12-7-1-2-8-3-4-8/h5-6,8H,1-4,7H2,(H,12,15)(H,14,17). The summed E-state index contributed by atoms with van der Waals surface area (Å²) in [6.07, 6.45) is 5.24. The van der Waals surface area contributed by atoms with Crippen LogP contribution in [0.25, 0.3) is 5.65 Å². The van der Waals surface area contributed by atoms with Gasteiger partial charge in [0, 0.05) is 6.54 Å². The van der Waals surface area contributed by atoms with E-state index in [9.17, 15) is 4.79 Å². The Kier molecular flexibility index (Phi) is 2.55. The molecular weight excluding hydrogens is 218 g/mol. The lowest BCUT2D eigenvalue weighted by molar-refractivity contribution is 0.685. The molecule has 1 aliphatic rings. The number of H-pyrrole nitrogens is 1. The first kappa shape index (κ1) is 10.3. The number of aromatic nitrogens is 4.